The molecule has 0 saturated heterocycles. The maximum atomic E-state index is 13.7. The third-order valence-electron chi connectivity index (χ3n) is 3.72. The summed E-state index contributed by atoms with van der Waals surface area (Å²) in [4.78, 5) is 12.2. The van der Waals surface area contributed by atoms with Gasteiger partial charge in [-0.3, -0.25) is 9.52 Å². The fourth-order valence-electron chi connectivity index (χ4n) is 2.30. The summed E-state index contributed by atoms with van der Waals surface area (Å²) in [7, 11) is -4.02. The van der Waals surface area contributed by atoms with E-state index >= 15 is 0 Å². The largest absolute Gasteiger partial charge is 0.351 e. The van der Waals surface area contributed by atoms with E-state index in [1.165, 1.54) is 30.3 Å². The second kappa shape index (κ2) is 8.77. The zero-order chi connectivity index (χ0) is 19.2. The Bertz CT molecular complexity index is 885. The van der Waals surface area contributed by atoms with Crippen LogP contribution in [0.4, 0.5) is 10.1 Å². The molecule has 1 amide bonds. The molecule has 0 bridgehead atoms. The van der Waals surface area contributed by atoms with Crippen molar-refractivity contribution in [2.75, 3.05) is 24.4 Å². The van der Waals surface area contributed by atoms with Crippen LogP contribution in [0.2, 0.25) is 0 Å². The average Bonchev–Trinajstić information content (AvgIpc) is 2.60. The molecule has 0 unspecified atom stereocenters. The average molecular weight is 379 g/mol. The first kappa shape index (κ1) is 19.9. The Morgan fingerprint density at radius 3 is 2.54 bits per heavy atom. The van der Waals surface area contributed by atoms with Gasteiger partial charge in [0.15, 0.2) is 0 Å². The molecule has 0 spiro atoms. The van der Waals surface area contributed by atoms with Gasteiger partial charge in [0.1, 0.15) is 5.82 Å². The minimum Gasteiger partial charge on any atom is -0.351 e. The number of nitrogens with one attached hydrogen (secondary N) is 3. The van der Waals surface area contributed by atoms with E-state index in [1.807, 2.05) is 6.92 Å². The number of likely N-dealkylation sites (N-methyl/N-ethyl adjacent to an activating group) is 1. The van der Waals surface area contributed by atoms with Crippen LogP contribution in [0.1, 0.15) is 22.8 Å². The number of sulfonamides is 1. The number of rotatable bonds is 8. The summed E-state index contributed by atoms with van der Waals surface area (Å²) in [6.07, 6.45) is 0. The van der Waals surface area contributed by atoms with Gasteiger partial charge in [-0.1, -0.05) is 25.1 Å². The number of carbonyl (C=O) groups excluding carboxylic acids is 1. The van der Waals surface area contributed by atoms with Crippen molar-refractivity contribution < 1.29 is 17.6 Å². The van der Waals surface area contributed by atoms with Crippen LogP contribution in [0.25, 0.3) is 0 Å². The standard InChI is InChI=1S/C18H22FN3O3S/c1-3-20-10-11-21-18(23)15-12-14(9-8-13(15)2)26(24,25)22-17-7-5-4-6-16(17)19/h4-9,12,20,22H,3,10-11H2,1-2H3,(H,21,23). The van der Waals surface area contributed by atoms with E-state index < -0.39 is 15.8 Å². The lowest BCUT2D eigenvalue weighted by molar-refractivity contribution is 0.0953. The quantitative estimate of drug-likeness (QED) is 0.614. The molecule has 2 aromatic carbocycles. The highest BCUT2D eigenvalue weighted by atomic mass is 32.2. The second-order valence-electron chi connectivity index (χ2n) is 5.67. The molecule has 140 valence electrons. The molecule has 0 aromatic heterocycles. The third-order valence-corrected chi connectivity index (χ3v) is 5.08. The van der Waals surface area contributed by atoms with Crippen LogP contribution in [-0.4, -0.2) is 34.0 Å². The first-order valence-electron chi connectivity index (χ1n) is 8.22. The molecule has 0 saturated carbocycles. The minimum absolute atomic E-state index is 0.108. The zero-order valence-electron chi connectivity index (χ0n) is 14.7. The smallest absolute Gasteiger partial charge is 0.262 e. The van der Waals surface area contributed by atoms with Crippen LogP contribution < -0.4 is 15.4 Å². The van der Waals surface area contributed by atoms with Crippen LogP contribution in [0.3, 0.4) is 0 Å². The van der Waals surface area contributed by atoms with Gasteiger partial charge < -0.3 is 10.6 Å². The Labute approximate surface area is 152 Å². The molecule has 0 atom stereocenters. The lowest BCUT2D eigenvalue weighted by atomic mass is 10.1. The molecule has 0 aliphatic heterocycles. The van der Waals surface area contributed by atoms with Crippen molar-refractivity contribution in [2.24, 2.45) is 0 Å². The number of amides is 1. The Morgan fingerprint density at radius 2 is 1.85 bits per heavy atom. The van der Waals surface area contributed by atoms with Crippen molar-refractivity contribution in [3.63, 3.8) is 0 Å². The molecule has 2 aromatic rings. The van der Waals surface area contributed by atoms with Gasteiger partial charge in [-0.15, -0.1) is 0 Å². The summed E-state index contributed by atoms with van der Waals surface area (Å²) >= 11 is 0. The van der Waals surface area contributed by atoms with Gasteiger partial charge in [-0.25, -0.2) is 12.8 Å². The van der Waals surface area contributed by atoms with Gasteiger partial charge >= 0.3 is 0 Å². The van der Waals surface area contributed by atoms with E-state index in [4.69, 9.17) is 0 Å². The topological polar surface area (TPSA) is 87.3 Å². The van der Waals surface area contributed by atoms with Crippen LogP contribution >= 0.6 is 0 Å². The predicted octanol–water partition coefficient (Wildman–Crippen LogP) is 2.27. The van der Waals surface area contributed by atoms with Crippen LogP contribution in [0.15, 0.2) is 47.4 Å². The van der Waals surface area contributed by atoms with E-state index in [1.54, 1.807) is 13.0 Å². The summed E-state index contributed by atoms with van der Waals surface area (Å²) in [6.45, 7) is 5.53. The molecule has 0 aliphatic rings. The fraction of sp³-hybridized carbons (Fsp3) is 0.278. The van der Waals surface area contributed by atoms with E-state index in [-0.39, 0.29) is 22.1 Å². The van der Waals surface area contributed by atoms with Crippen molar-refractivity contribution in [1.82, 2.24) is 10.6 Å². The van der Waals surface area contributed by atoms with Gasteiger partial charge in [0, 0.05) is 18.7 Å². The third kappa shape index (κ3) is 5.03. The molecule has 2 rings (SSSR count). The maximum absolute atomic E-state index is 13.7. The number of carbonyl (C=O) groups is 1. The van der Waals surface area contributed by atoms with Crippen molar-refractivity contribution in [2.45, 2.75) is 18.7 Å². The number of hydrogen-bond acceptors (Lipinski definition) is 4. The van der Waals surface area contributed by atoms with Gasteiger partial charge in [-0.05, 0) is 43.3 Å². The zero-order valence-corrected chi connectivity index (χ0v) is 15.5. The summed E-state index contributed by atoms with van der Waals surface area (Å²) in [5, 5.41) is 5.82. The molecule has 6 nitrogen and oxygen atoms in total. The molecule has 0 radical (unpaired) electrons. The maximum Gasteiger partial charge on any atom is 0.262 e. The number of benzene rings is 2. The highest BCUT2D eigenvalue weighted by molar-refractivity contribution is 7.92. The highest BCUT2D eigenvalue weighted by Crippen LogP contribution is 2.21. The molecular weight excluding hydrogens is 357 g/mol. The first-order chi connectivity index (χ1) is 12.3. The van der Waals surface area contributed by atoms with Crippen LogP contribution in [-0.2, 0) is 10.0 Å². The summed E-state index contributed by atoms with van der Waals surface area (Å²) in [5.41, 5.74) is 0.762. The molecule has 8 heteroatoms. The highest BCUT2D eigenvalue weighted by Gasteiger charge is 2.19. The van der Waals surface area contributed by atoms with Gasteiger partial charge in [-0.2, -0.15) is 0 Å². The van der Waals surface area contributed by atoms with Gasteiger partial charge in [0.25, 0.3) is 15.9 Å². The minimum atomic E-state index is -4.02. The van der Waals surface area contributed by atoms with Gasteiger partial charge in [0.05, 0.1) is 10.6 Å². The molecule has 0 heterocycles. The van der Waals surface area contributed by atoms with E-state index in [2.05, 4.69) is 15.4 Å². The summed E-state index contributed by atoms with van der Waals surface area (Å²) < 4.78 is 41.0. The number of halogens is 1. The van der Waals surface area contributed by atoms with E-state index in [9.17, 15) is 17.6 Å². The Hall–Kier alpha value is -2.45. The lowest BCUT2D eigenvalue weighted by Crippen LogP contribution is -2.32. The normalized spacial score (nSPS) is 11.2. The van der Waals surface area contributed by atoms with Crippen LogP contribution in [0.5, 0.6) is 0 Å². The number of aryl methyl sites for hydroxylation is 1. The molecule has 26 heavy (non-hydrogen) atoms. The SMILES string of the molecule is CCNCCNC(=O)c1cc(S(=O)(=O)Nc2ccccc2F)ccc1C. The van der Waals surface area contributed by atoms with Gasteiger partial charge in [0.2, 0.25) is 0 Å². The second-order valence-corrected chi connectivity index (χ2v) is 7.35. The van der Waals surface area contributed by atoms with E-state index in [0.29, 0.717) is 18.7 Å². The van der Waals surface area contributed by atoms with Crippen molar-refractivity contribution in [3.05, 3.63) is 59.4 Å². The Morgan fingerprint density at radius 1 is 1.12 bits per heavy atom. The summed E-state index contributed by atoms with van der Waals surface area (Å²) in [5.74, 6) is -1.03. The molecule has 3 N–H and O–H groups in total. The number of anilines is 1. The number of para-hydroxylation sites is 1. The number of hydrogen-bond donors (Lipinski definition) is 3. The Kier molecular flexibility index (Phi) is 6.70. The first-order valence-corrected chi connectivity index (χ1v) is 9.70. The monoisotopic (exact) mass is 379 g/mol. The van der Waals surface area contributed by atoms with Crippen LogP contribution in [0, 0.1) is 12.7 Å². The molecular formula is C18H22FN3O3S. The summed E-state index contributed by atoms with van der Waals surface area (Å²) in [6, 6.07) is 9.71. The van der Waals surface area contributed by atoms with Crippen molar-refractivity contribution in [1.29, 1.82) is 0 Å². The van der Waals surface area contributed by atoms with Crippen molar-refractivity contribution >= 4 is 21.6 Å². The lowest BCUT2D eigenvalue weighted by Gasteiger charge is -2.12. The van der Waals surface area contributed by atoms with Crippen molar-refractivity contribution in [3.8, 4) is 0 Å². The molecule has 0 fully saturated rings. The predicted molar refractivity (Wildman–Crippen MR) is 99.3 cm³/mol. The Balaban J connectivity index is 2.22. The fourth-order valence-corrected chi connectivity index (χ4v) is 3.39. The molecule has 0 aliphatic carbocycles. The van der Waals surface area contributed by atoms with E-state index in [0.717, 1.165) is 12.6 Å².